The first-order valence-electron chi connectivity index (χ1n) is 22.4. The first kappa shape index (κ1) is 59.0. The fraction of sp³-hybridized carbons (Fsp3) is 0.725. The molecule has 0 unspecified atom stereocenters. The Labute approximate surface area is 389 Å². The standard InChI is InChI=1S/C40H73N15O12/c1-5-22(48-30(58)7-6-29(45)57)34(61)51-24(9-14-42)36(63)54-27-12-17-46-40(67)32(21(4)56)55-38(65)26(11-16-44)52-35(62)25(10-15-43)53-39(66)28(18-20(2)3)49-31(59)19-47-33(60)23(8-13-41)50-37(27)64/h20-28,32,56H,5-19,41-44H2,1-4H3,(H2,45,57)(H,46,67)(H,47,60)(H,48,58)(H,49,59)(H,50,64)(H,51,61)(H,52,62)(H,53,66)(H,54,63)(H,55,65)/t21-,22+,23+,24-,25+,26+,27+,28+,32+/m1/s1. The number of carbonyl (C=O) groups excluding carboxylic acids is 11. The van der Waals surface area contributed by atoms with Gasteiger partial charge in [0.2, 0.25) is 65.0 Å². The number of aliphatic hydroxyl groups excluding tert-OH is 1. The molecule has 1 saturated heterocycles. The van der Waals surface area contributed by atoms with Crippen LogP contribution in [-0.2, 0) is 52.7 Å². The van der Waals surface area contributed by atoms with Crippen LogP contribution in [0, 0.1) is 5.92 Å². The second kappa shape index (κ2) is 31.0. The molecule has 27 nitrogen and oxygen atoms in total. The third-order valence-corrected chi connectivity index (χ3v) is 10.2. The second-order valence-corrected chi connectivity index (χ2v) is 16.4. The Morgan fingerprint density at radius 3 is 1.69 bits per heavy atom. The molecule has 1 fully saturated rings. The molecule has 0 spiro atoms. The van der Waals surface area contributed by atoms with Crippen LogP contribution in [0.1, 0.15) is 85.5 Å². The molecule has 27 heteroatoms. The Hall–Kier alpha value is -6.03. The summed E-state index contributed by atoms with van der Waals surface area (Å²) in [6.45, 7) is 4.75. The molecule has 21 N–H and O–H groups in total. The van der Waals surface area contributed by atoms with Gasteiger partial charge in [-0.25, -0.2) is 0 Å². The molecule has 1 aliphatic heterocycles. The van der Waals surface area contributed by atoms with E-state index in [1.165, 1.54) is 6.92 Å². The molecule has 0 bridgehead atoms. The fourth-order valence-electron chi connectivity index (χ4n) is 6.58. The summed E-state index contributed by atoms with van der Waals surface area (Å²) < 4.78 is 0. The summed E-state index contributed by atoms with van der Waals surface area (Å²) >= 11 is 0. The van der Waals surface area contributed by atoms with Crippen molar-refractivity contribution in [3.8, 4) is 0 Å². The van der Waals surface area contributed by atoms with Crippen LogP contribution in [-0.4, -0.2) is 164 Å². The van der Waals surface area contributed by atoms with Crippen LogP contribution in [0.3, 0.4) is 0 Å². The normalized spacial score (nSPS) is 23.3. The predicted molar refractivity (Wildman–Crippen MR) is 241 cm³/mol. The molecule has 1 aliphatic rings. The van der Waals surface area contributed by atoms with Crippen LogP contribution in [0.15, 0.2) is 0 Å². The molecule has 380 valence electrons. The van der Waals surface area contributed by atoms with Gasteiger partial charge in [-0.15, -0.1) is 0 Å². The lowest BCUT2D eigenvalue weighted by molar-refractivity contribution is -0.135. The number of nitrogens with one attached hydrogen (secondary N) is 10. The smallest absolute Gasteiger partial charge is 0.245 e. The van der Waals surface area contributed by atoms with Crippen molar-refractivity contribution in [3.63, 3.8) is 0 Å². The van der Waals surface area contributed by atoms with Gasteiger partial charge in [0.25, 0.3) is 0 Å². The summed E-state index contributed by atoms with van der Waals surface area (Å²) in [4.78, 5) is 145. The molecule has 0 aromatic carbocycles. The summed E-state index contributed by atoms with van der Waals surface area (Å²) in [5.41, 5.74) is 28.1. The lowest BCUT2D eigenvalue weighted by Gasteiger charge is -2.27. The molecule has 0 aromatic heterocycles. The zero-order valence-corrected chi connectivity index (χ0v) is 38.7. The quantitative estimate of drug-likeness (QED) is 0.0539. The molecule has 9 atom stereocenters. The minimum Gasteiger partial charge on any atom is -0.391 e. The maximum absolute atomic E-state index is 14.0. The fourth-order valence-corrected chi connectivity index (χ4v) is 6.58. The highest BCUT2D eigenvalue weighted by molar-refractivity contribution is 5.98. The van der Waals surface area contributed by atoms with Crippen LogP contribution in [0.25, 0.3) is 0 Å². The molecule has 1 rings (SSSR count). The van der Waals surface area contributed by atoms with E-state index in [1.807, 2.05) is 0 Å². The maximum atomic E-state index is 14.0. The van der Waals surface area contributed by atoms with Gasteiger partial charge in [0.1, 0.15) is 48.3 Å². The summed E-state index contributed by atoms with van der Waals surface area (Å²) in [5, 5.41) is 35.4. The van der Waals surface area contributed by atoms with Crippen molar-refractivity contribution in [1.82, 2.24) is 53.2 Å². The van der Waals surface area contributed by atoms with Crippen molar-refractivity contribution in [2.24, 2.45) is 34.6 Å². The van der Waals surface area contributed by atoms with Gasteiger partial charge in [0.05, 0.1) is 12.6 Å². The molecule has 0 saturated carbocycles. The van der Waals surface area contributed by atoms with Gasteiger partial charge in [-0.05, 0) is 84.0 Å². The highest BCUT2D eigenvalue weighted by atomic mass is 16.3. The van der Waals surface area contributed by atoms with Crippen molar-refractivity contribution in [2.45, 2.75) is 140 Å². The predicted octanol–water partition coefficient (Wildman–Crippen LogP) is -8.00. The molecular formula is C40H73N15O12. The van der Waals surface area contributed by atoms with E-state index in [9.17, 15) is 57.8 Å². The van der Waals surface area contributed by atoms with Gasteiger partial charge < -0.3 is 86.9 Å². The van der Waals surface area contributed by atoms with E-state index in [0.29, 0.717) is 0 Å². The van der Waals surface area contributed by atoms with Gasteiger partial charge >= 0.3 is 0 Å². The molecule has 0 radical (unpaired) electrons. The third-order valence-electron chi connectivity index (χ3n) is 10.2. The molecule has 67 heavy (non-hydrogen) atoms. The van der Waals surface area contributed by atoms with Gasteiger partial charge in [-0.1, -0.05) is 20.8 Å². The Morgan fingerprint density at radius 1 is 0.642 bits per heavy atom. The lowest BCUT2D eigenvalue weighted by atomic mass is 10.0. The SMILES string of the molecule is CC[C@H](NC(=O)CCC(N)=O)C(=O)N[C@H](CCN)C(=O)N[C@H]1CCNC(=O)[C@H]([C@@H](C)O)NC(=O)[C@H](CCN)NC(=O)[C@H](CCN)NC(=O)[C@H](CC(C)C)NC(=O)CNC(=O)[C@H](CCN)NC1=O. The summed E-state index contributed by atoms with van der Waals surface area (Å²) in [6, 6.07) is -11.0. The highest BCUT2D eigenvalue weighted by Crippen LogP contribution is 2.08. The average Bonchev–Trinajstić information content (AvgIpc) is 3.26. The number of amides is 11. The topological polar surface area (TPSA) is 458 Å². The molecule has 11 amide bonds. The molecule has 0 aromatic rings. The molecule has 1 heterocycles. The van der Waals surface area contributed by atoms with Crippen molar-refractivity contribution >= 4 is 65.0 Å². The number of rotatable bonds is 20. The minimum atomic E-state index is -1.64. The highest BCUT2D eigenvalue weighted by Gasteiger charge is 2.35. The minimum absolute atomic E-state index is 0.0709. The van der Waals surface area contributed by atoms with Crippen LogP contribution in [0.2, 0.25) is 0 Å². The van der Waals surface area contributed by atoms with Crippen molar-refractivity contribution in [2.75, 3.05) is 39.3 Å². The number of hydrogen-bond acceptors (Lipinski definition) is 16. The van der Waals surface area contributed by atoms with Crippen LogP contribution in [0.4, 0.5) is 0 Å². The van der Waals surface area contributed by atoms with Gasteiger partial charge in [0.15, 0.2) is 0 Å². The third kappa shape index (κ3) is 21.9. The van der Waals surface area contributed by atoms with E-state index in [1.54, 1.807) is 20.8 Å². The first-order valence-corrected chi connectivity index (χ1v) is 22.4. The summed E-state index contributed by atoms with van der Waals surface area (Å²) in [6.07, 6.45) is -2.90. The number of hydrogen-bond donors (Lipinski definition) is 16. The van der Waals surface area contributed by atoms with E-state index in [4.69, 9.17) is 28.7 Å². The van der Waals surface area contributed by atoms with Crippen molar-refractivity contribution in [3.05, 3.63) is 0 Å². The number of primary amides is 1. The molecule has 0 aliphatic carbocycles. The zero-order chi connectivity index (χ0) is 50.8. The maximum Gasteiger partial charge on any atom is 0.245 e. The van der Waals surface area contributed by atoms with Crippen LogP contribution >= 0.6 is 0 Å². The first-order chi connectivity index (χ1) is 31.6. The van der Waals surface area contributed by atoms with E-state index in [-0.39, 0.29) is 83.5 Å². The van der Waals surface area contributed by atoms with E-state index in [0.717, 1.165) is 0 Å². The summed E-state index contributed by atoms with van der Waals surface area (Å²) in [7, 11) is 0. The van der Waals surface area contributed by atoms with E-state index < -0.39 is 139 Å². The zero-order valence-electron chi connectivity index (χ0n) is 38.7. The van der Waals surface area contributed by atoms with Gasteiger partial charge in [0, 0.05) is 19.4 Å². The van der Waals surface area contributed by atoms with Crippen molar-refractivity contribution in [1.29, 1.82) is 0 Å². The number of carbonyl (C=O) groups is 11. The average molecular weight is 956 g/mol. The van der Waals surface area contributed by atoms with Gasteiger partial charge in [-0.3, -0.25) is 52.7 Å². The van der Waals surface area contributed by atoms with Crippen LogP contribution in [0.5, 0.6) is 0 Å². The van der Waals surface area contributed by atoms with Crippen LogP contribution < -0.4 is 81.8 Å². The Morgan fingerprint density at radius 2 is 1.18 bits per heavy atom. The lowest BCUT2D eigenvalue weighted by Crippen LogP contribution is -2.60. The number of nitrogens with two attached hydrogens (primary N) is 5. The number of aliphatic hydroxyl groups is 1. The Balaban J connectivity index is 3.67. The van der Waals surface area contributed by atoms with Crippen molar-refractivity contribution < 1.29 is 57.8 Å². The Kier molecular flexibility index (Phi) is 27.3. The monoisotopic (exact) mass is 956 g/mol. The largest absolute Gasteiger partial charge is 0.391 e. The van der Waals surface area contributed by atoms with E-state index in [2.05, 4.69) is 53.2 Å². The molecular weight excluding hydrogens is 883 g/mol. The van der Waals surface area contributed by atoms with Gasteiger partial charge in [-0.2, -0.15) is 0 Å². The second-order valence-electron chi connectivity index (χ2n) is 16.4. The Bertz CT molecular complexity index is 1720. The summed E-state index contributed by atoms with van der Waals surface area (Å²) in [5.74, 6) is -9.47. The van der Waals surface area contributed by atoms with E-state index >= 15 is 0 Å².